The highest BCUT2D eigenvalue weighted by molar-refractivity contribution is 5.69. The first kappa shape index (κ1) is 12.4. The molecule has 2 unspecified atom stereocenters. The van der Waals surface area contributed by atoms with Crippen molar-refractivity contribution in [3.05, 3.63) is 65.6 Å². The molecule has 4 rings (SSSR count). The number of aromatic nitrogens is 2. The van der Waals surface area contributed by atoms with Crippen LogP contribution in [0.15, 0.2) is 48.8 Å². The maximum atomic E-state index is 10.4. The van der Waals surface area contributed by atoms with Crippen LogP contribution in [-0.2, 0) is 6.42 Å². The predicted molar refractivity (Wildman–Crippen MR) is 82.4 cm³/mol. The number of anilines is 1. The van der Waals surface area contributed by atoms with E-state index in [0.29, 0.717) is 6.42 Å². The normalized spacial score (nSPS) is 20.7. The minimum Gasteiger partial charge on any atom is -0.390 e. The summed E-state index contributed by atoms with van der Waals surface area (Å²) in [5.41, 5.74) is 5.22. The number of nitrogens with one attached hydrogen (secondary N) is 1. The van der Waals surface area contributed by atoms with Gasteiger partial charge in [-0.2, -0.15) is 0 Å². The zero-order valence-electron chi connectivity index (χ0n) is 11.8. The van der Waals surface area contributed by atoms with Gasteiger partial charge in [0.25, 0.3) is 0 Å². The molecule has 1 aromatic carbocycles. The minimum atomic E-state index is -0.404. The average Bonchev–Trinajstić information content (AvgIpc) is 3.00. The molecule has 0 aliphatic heterocycles. The van der Waals surface area contributed by atoms with Crippen LogP contribution in [0.1, 0.15) is 22.9 Å². The highest BCUT2D eigenvalue weighted by Crippen LogP contribution is 2.34. The number of hydrogen-bond donors (Lipinski definition) is 2. The van der Waals surface area contributed by atoms with Crippen molar-refractivity contribution in [2.45, 2.75) is 25.5 Å². The molecule has 4 heteroatoms. The molecule has 0 spiro atoms. The van der Waals surface area contributed by atoms with Gasteiger partial charge in [-0.1, -0.05) is 24.3 Å². The highest BCUT2D eigenvalue weighted by atomic mass is 16.3. The van der Waals surface area contributed by atoms with Gasteiger partial charge in [0, 0.05) is 18.8 Å². The van der Waals surface area contributed by atoms with Gasteiger partial charge in [0.15, 0.2) is 5.65 Å². The lowest BCUT2D eigenvalue weighted by molar-refractivity contribution is 0.166. The van der Waals surface area contributed by atoms with E-state index in [0.717, 1.165) is 17.0 Å². The Kier molecular flexibility index (Phi) is 2.72. The number of benzene rings is 1. The molecule has 0 bridgehead atoms. The van der Waals surface area contributed by atoms with Crippen molar-refractivity contribution in [2.24, 2.45) is 0 Å². The second-order valence-corrected chi connectivity index (χ2v) is 5.63. The van der Waals surface area contributed by atoms with Crippen LogP contribution in [0.25, 0.3) is 5.65 Å². The number of aryl methyl sites for hydroxylation is 1. The second-order valence-electron chi connectivity index (χ2n) is 5.63. The Bertz CT molecular complexity index is 809. The zero-order valence-corrected chi connectivity index (χ0v) is 11.8. The Labute approximate surface area is 123 Å². The van der Waals surface area contributed by atoms with Crippen LogP contribution in [0.5, 0.6) is 0 Å². The van der Waals surface area contributed by atoms with Gasteiger partial charge in [-0.15, -0.1) is 0 Å². The van der Waals surface area contributed by atoms with Crippen molar-refractivity contribution in [3.8, 4) is 0 Å². The van der Waals surface area contributed by atoms with E-state index in [9.17, 15) is 5.11 Å². The Balaban J connectivity index is 1.75. The van der Waals surface area contributed by atoms with Crippen molar-refractivity contribution in [2.75, 3.05) is 5.32 Å². The lowest BCUT2D eigenvalue weighted by atomic mass is 10.1. The highest BCUT2D eigenvalue weighted by Gasteiger charge is 2.31. The van der Waals surface area contributed by atoms with Crippen molar-refractivity contribution in [3.63, 3.8) is 0 Å². The molecule has 0 fully saturated rings. The largest absolute Gasteiger partial charge is 0.390 e. The molecule has 2 atom stereocenters. The van der Waals surface area contributed by atoms with Gasteiger partial charge in [0.05, 0.1) is 23.5 Å². The molecule has 3 aromatic rings. The molecule has 2 aromatic heterocycles. The zero-order chi connectivity index (χ0) is 14.4. The Morgan fingerprint density at radius 1 is 1.24 bits per heavy atom. The van der Waals surface area contributed by atoms with E-state index in [4.69, 9.17) is 0 Å². The van der Waals surface area contributed by atoms with Crippen LogP contribution < -0.4 is 5.32 Å². The van der Waals surface area contributed by atoms with E-state index in [1.165, 1.54) is 11.1 Å². The average molecular weight is 279 g/mol. The molecule has 0 saturated heterocycles. The fraction of sp³-hybridized carbons (Fsp3) is 0.235. The molecule has 106 valence electrons. The predicted octanol–water partition coefficient (Wildman–Crippen LogP) is 2.71. The fourth-order valence-corrected chi connectivity index (χ4v) is 3.16. The molecule has 0 saturated carbocycles. The van der Waals surface area contributed by atoms with Crippen LogP contribution in [0.2, 0.25) is 0 Å². The van der Waals surface area contributed by atoms with Crippen LogP contribution in [0, 0.1) is 6.92 Å². The van der Waals surface area contributed by atoms with E-state index < -0.39 is 6.10 Å². The Hall–Kier alpha value is -2.33. The van der Waals surface area contributed by atoms with Gasteiger partial charge in [-0.25, -0.2) is 4.98 Å². The van der Waals surface area contributed by atoms with Crippen LogP contribution >= 0.6 is 0 Å². The van der Waals surface area contributed by atoms with Crippen molar-refractivity contribution in [1.82, 2.24) is 9.38 Å². The molecule has 1 aliphatic carbocycles. The topological polar surface area (TPSA) is 49.6 Å². The Morgan fingerprint density at radius 2 is 2.10 bits per heavy atom. The number of hydrogen-bond acceptors (Lipinski definition) is 3. The van der Waals surface area contributed by atoms with Crippen molar-refractivity contribution in [1.29, 1.82) is 0 Å². The summed E-state index contributed by atoms with van der Waals surface area (Å²) in [7, 11) is 0. The van der Waals surface area contributed by atoms with Crippen molar-refractivity contribution < 1.29 is 5.11 Å². The summed E-state index contributed by atoms with van der Waals surface area (Å²) >= 11 is 0. The summed E-state index contributed by atoms with van der Waals surface area (Å²) in [6, 6.07) is 12.1. The second kappa shape index (κ2) is 4.60. The maximum Gasteiger partial charge on any atom is 0.160 e. The fourth-order valence-electron chi connectivity index (χ4n) is 3.16. The Morgan fingerprint density at radius 3 is 3.00 bits per heavy atom. The lowest BCUT2D eigenvalue weighted by Crippen LogP contribution is -2.21. The standard InChI is InChI=1S/C17H17N3O/c1-11-10-20-8-4-7-14(17(20)18-11)19-16-13-6-3-2-5-12(13)9-15(16)21/h2-8,10,15-16,19,21H,9H2,1H3. The van der Waals surface area contributed by atoms with E-state index in [-0.39, 0.29) is 6.04 Å². The minimum absolute atomic E-state index is 0.0793. The van der Waals surface area contributed by atoms with Crippen LogP contribution in [0.4, 0.5) is 5.69 Å². The number of rotatable bonds is 2. The third kappa shape index (κ3) is 1.99. The van der Waals surface area contributed by atoms with E-state index in [1.807, 2.05) is 48.0 Å². The number of nitrogens with zero attached hydrogens (tertiary/aromatic N) is 2. The van der Waals surface area contributed by atoms with Crippen molar-refractivity contribution >= 4 is 11.3 Å². The molecule has 21 heavy (non-hydrogen) atoms. The molecule has 4 nitrogen and oxygen atoms in total. The third-order valence-corrected chi connectivity index (χ3v) is 4.12. The summed E-state index contributed by atoms with van der Waals surface area (Å²) in [6.07, 6.45) is 4.28. The SMILES string of the molecule is Cc1cn2cccc(NC3c4ccccc4CC3O)c2n1. The van der Waals surface area contributed by atoms with Crippen LogP contribution in [0.3, 0.4) is 0 Å². The van der Waals surface area contributed by atoms with Gasteiger partial charge in [-0.3, -0.25) is 0 Å². The first-order valence-electron chi connectivity index (χ1n) is 7.19. The summed E-state index contributed by atoms with van der Waals surface area (Å²) in [5, 5.41) is 13.8. The number of pyridine rings is 1. The summed E-state index contributed by atoms with van der Waals surface area (Å²) in [5.74, 6) is 0. The summed E-state index contributed by atoms with van der Waals surface area (Å²) in [4.78, 5) is 4.56. The van der Waals surface area contributed by atoms with Gasteiger partial charge in [0.1, 0.15) is 0 Å². The molecular formula is C17H17N3O. The number of aliphatic hydroxyl groups excluding tert-OH is 1. The molecular weight excluding hydrogens is 262 g/mol. The van der Waals surface area contributed by atoms with E-state index in [2.05, 4.69) is 22.4 Å². The van der Waals surface area contributed by atoms with Gasteiger partial charge < -0.3 is 14.8 Å². The first-order valence-corrected chi connectivity index (χ1v) is 7.19. The van der Waals surface area contributed by atoms with E-state index in [1.54, 1.807) is 0 Å². The molecule has 0 amide bonds. The summed E-state index contributed by atoms with van der Waals surface area (Å²) in [6.45, 7) is 1.98. The van der Waals surface area contributed by atoms with E-state index >= 15 is 0 Å². The lowest BCUT2D eigenvalue weighted by Gasteiger charge is -2.19. The molecule has 1 aliphatic rings. The van der Waals surface area contributed by atoms with Crippen LogP contribution in [-0.4, -0.2) is 20.6 Å². The van der Waals surface area contributed by atoms with Gasteiger partial charge >= 0.3 is 0 Å². The van der Waals surface area contributed by atoms with Gasteiger partial charge in [0.2, 0.25) is 0 Å². The summed E-state index contributed by atoms with van der Waals surface area (Å²) < 4.78 is 2.00. The van der Waals surface area contributed by atoms with Gasteiger partial charge in [-0.05, 0) is 30.2 Å². The third-order valence-electron chi connectivity index (χ3n) is 4.12. The smallest absolute Gasteiger partial charge is 0.160 e. The molecule has 0 radical (unpaired) electrons. The number of aliphatic hydroxyl groups is 1. The molecule has 2 heterocycles. The molecule has 2 N–H and O–H groups in total. The monoisotopic (exact) mass is 279 g/mol. The first-order chi connectivity index (χ1) is 10.2. The number of imidazole rings is 1. The maximum absolute atomic E-state index is 10.4. The quantitative estimate of drug-likeness (QED) is 0.758. The number of fused-ring (bicyclic) bond motifs is 2.